The number of aromatic nitrogens is 3. The Morgan fingerprint density at radius 2 is 2.00 bits per heavy atom. The van der Waals surface area contributed by atoms with E-state index in [9.17, 15) is 13.6 Å². The molecule has 1 aliphatic heterocycles. The summed E-state index contributed by atoms with van der Waals surface area (Å²) >= 11 is 0. The number of hydrogen-bond acceptors (Lipinski definition) is 4. The lowest BCUT2D eigenvalue weighted by Gasteiger charge is -2.19. The number of amides is 1. The molecular formula is C18H17F2N5O. The Bertz CT molecular complexity index is 958. The van der Waals surface area contributed by atoms with Crippen LogP contribution in [-0.2, 0) is 0 Å². The normalized spacial score (nSPS) is 17.0. The number of nitrogens with one attached hydrogen (secondary N) is 2. The molecule has 3 aromatic rings. The van der Waals surface area contributed by atoms with Gasteiger partial charge in [0.1, 0.15) is 11.0 Å². The maximum absolute atomic E-state index is 13.4. The fraction of sp³-hybridized carbons (Fsp3) is 0.278. The van der Waals surface area contributed by atoms with Gasteiger partial charge in [-0.25, -0.2) is 8.78 Å². The first kappa shape index (κ1) is 16.4. The second kappa shape index (κ2) is 6.70. The van der Waals surface area contributed by atoms with Gasteiger partial charge in [0.25, 0.3) is 5.91 Å². The van der Waals surface area contributed by atoms with Crippen LogP contribution in [0.25, 0.3) is 11.0 Å². The highest BCUT2D eigenvalue weighted by atomic mass is 19.2. The Hall–Kier alpha value is -3.03. The third-order valence-corrected chi connectivity index (χ3v) is 4.68. The summed E-state index contributed by atoms with van der Waals surface area (Å²) in [5.41, 5.74) is 2.54. The molecule has 0 aliphatic carbocycles. The van der Waals surface area contributed by atoms with Crippen LogP contribution in [0.5, 0.6) is 0 Å². The molecule has 2 heterocycles. The Balaban J connectivity index is 1.35. The van der Waals surface area contributed by atoms with Crippen molar-refractivity contribution >= 4 is 22.6 Å². The molecule has 1 amide bonds. The number of H-pyrrole nitrogens is 1. The number of carbonyl (C=O) groups excluding carboxylic acids is 1. The lowest BCUT2D eigenvalue weighted by atomic mass is 10.1. The van der Waals surface area contributed by atoms with E-state index >= 15 is 0 Å². The van der Waals surface area contributed by atoms with Crippen LogP contribution < -0.4 is 10.2 Å². The van der Waals surface area contributed by atoms with E-state index in [1.807, 2.05) is 4.90 Å². The van der Waals surface area contributed by atoms with Crippen molar-refractivity contribution in [2.45, 2.75) is 6.42 Å². The molecule has 1 fully saturated rings. The van der Waals surface area contributed by atoms with Gasteiger partial charge in [-0.3, -0.25) is 4.79 Å². The van der Waals surface area contributed by atoms with Crippen molar-refractivity contribution in [1.82, 2.24) is 20.7 Å². The Labute approximate surface area is 148 Å². The fourth-order valence-corrected chi connectivity index (χ4v) is 3.24. The van der Waals surface area contributed by atoms with Crippen LogP contribution in [0.15, 0.2) is 36.4 Å². The number of aromatic amines is 1. The average molecular weight is 357 g/mol. The zero-order chi connectivity index (χ0) is 18.1. The maximum atomic E-state index is 13.4. The van der Waals surface area contributed by atoms with Gasteiger partial charge < -0.3 is 10.2 Å². The summed E-state index contributed by atoms with van der Waals surface area (Å²) < 4.78 is 26.4. The molecule has 0 bridgehead atoms. The van der Waals surface area contributed by atoms with Gasteiger partial charge in [0.05, 0.1) is 0 Å². The summed E-state index contributed by atoms with van der Waals surface area (Å²) in [6.45, 7) is 1.96. The Morgan fingerprint density at radius 1 is 1.15 bits per heavy atom. The minimum absolute atomic E-state index is 0.166. The smallest absolute Gasteiger partial charge is 0.251 e. The van der Waals surface area contributed by atoms with Gasteiger partial charge in [-0.15, -0.1) is 0 Å². The Morgan fingerprint density at radius 3 is 2.85 bits per heavy atom. The van der Waals surface area contributed by atoms with Crippen molar-refractivity contribution in [3.63, 3.8) is 0 Å². The summed E-state index contributed by atoms with van der Waals surface area (Å²) in [4.78, 5) is 14.3. The number of halogens is 2. The highest BCUT2D eigenvalue weighted by molar-refractivity contribution is 5.97. The summed E-state index contributed by atoms with van der Waals surface area (Å²) in [5, 5.41) is 13.4. The zero-order valence-electron chi connectivity index (χ0n) is 13.9. The number of carbonyl (C=O) groups is 1. The number of rotatable bonds is 4. The number of fused-ring (bicyclic) bond motifs is 1. The molecular weight excluding hydrogens is 340 g/mol. The number of nitrogens with zero attached hydrogens (tertiary/aromatic N) is 3. The van der Waals surface area contributed by atoms with Crippen LogP contribution >= 0.6 is 0 Å². The van der Waals surface area contributed by atoms with Gasteiger partial charge in [-0.1, -0.05) is 0 Å². The standard InChI is InChI=1S/C18H17F2N5O/c19-14-3-2-13(8-15(14)20)25-6-5-11(10-25)9-21-18(26)12-1-4-16-17(7-12)23-24-22-16/h1-4,7-8,11H,5-6,9-10H2,(H,21,26)(H,22,23,24)/t11-/m0/s1. The van der Waals surface area contributed by atoms with Crippen molar-refractivity contribution < 1.29 is 13.6 Å². The maximum Gasteiger partial charge on any atom is 0.251 e. The van der Waals surface area contributed by atoms with Gasteiger partial charge in [0.15, 0.2) is 11.6 Å². The number of benzene rings is 2. The van der Waals surface area contributed by atoms with Gasteiger partial charge >= 0.3 is 0 Å². The second-order valence-corrected chi connectivity index (χ2v) is 6.44. The summed E-state index contributed by atoms with van der Waals surface area (Å²) in [5.74, 6) is -1.60. The molecule has 1 saturated heterocycles. The average Bonchev–Trinajstić information content (AvgIpc) is 3.30. The predicted octanol–water partition coefficient (Wildman–Crippen LogP) is 2.49. The first-order valence-electron chi connectivity index (χ1n) is 8.39. The molecule has 8 heteroatoms. The minimum Gasteiger partial charge on any atom is -0.371 e. The number of hydrogen-bond donors (Lipinski definition) is 2. The third-order valence-electron chi connectivity index (χ3n) is 4.68. The topological polar surface area (TPSA) is 73.9 Å². The minimum atomic E-state index is -0.846. The van der Waals surface area contributed by atoms with Gasteiger partial charge in [-0.2, -0.15) is 15.4 Å². The lowest BCUT2D eigenvalue weighted by Crippen LogP contribution is -2.31. The van der Waals surface area contributed by atoms with E-state index in [1.54, 1.807) is 24.3 Å². The molecule has 1 aliphatic rings. The summed E-state index contributed by atoms with van der Waals surface area (Å²) in [7, 11) is 0. The molecule has 1 atom stereocenters. The summed E-state index contributed by atoms with van der Waals surface area (Å²) in [6.07, 6.45) is 0.877. The molecule has 134 valence electrons. The van der Waals surface area contributed by atoms with E-state index in [0.29, 0.717) is 35.4 Å². The molecule has 2 aromatic carbocycles. The highest BCUT2D eigenvalue weighted by Gasteiger charge is 2.24. The molecule has 6 nitrogen and oxygen atoms in total. The van der Waals surface area contributed by atoms with Crippen LogP contribution in [-0.4, -0.2) is 41.0 Å². The van der Waals surface area contributed by atoms with E-state index < -0.39 is 11.6 Å². The van der Waals surface area contributed by atoms with Gasteiger partial charge in [0, 0.05) is 37.0 Å². The van der Waals surface area contributed by atoms with Crippen LogP contribution in [0.4, 0.5) is 14.5 Å². The van der Waals surface area contributed by atoms with E-state index in [2.05, 4.69) is 20.7 Å². The summed E-state index contributed by atoms with van der Waals surface area (Å²) in [6, 6.07) is 9.07. The van der Waals surface area contributed by atoms with E-state index in [4.69, 9.17) is 0 Å². The third kappa shape index (κ3) is 3.22. The van der Waals surface area contributed by atoms with Crippen LogP contribution in [0.3, 0.4) is 0 Å². The van der Waals surface area contributed by atoms with Crippen LogP contribution in [0, 0.1) is 17.6 Å². The van der Waals surface area contributed by atoms with Gasteiger partial charge in [0.2, 0.25) is 0 Å². The van der Waals surface area contributed by atoms with Crippen molar-refractivity contribution in [2.75, 3.05) is 24.5 Å². The van der Waals surface area contributed by atoms with Gasteiger partial charge in [-0.05, 0) is 42.7 Å². The predicted molar refractivity (Wildman–Crippen MR) is 92.9 cm³/mol. The molecule has 2 N–H and O–H groups in total. The van der Waals surface area contributed by atoms with Crippen molar-refractivity contribution in [3.05, 3.63) is 53.6 Å². The Kier molecular flexibility index (Phi) is 4.24. The lowest BCUT2D eigenvalue weighted by molar-refractivity contribution is 0.0948. The number of anilines is 1. The van der Waals surface area contributed by atoms with Crippen LogP contribution in [0.1, 0.15) is 16.8 Å². The SMILES string of the molecule is O=C(NC[C@@H]1CCN(c2ccc(F)c(F)c2)C1)c1ccc2n[nH]nc2c1. The fourth-order valence-electron chi connectivity index (χ4n) is 3.24. The van der Waals surface area contributed by atoms with E-state index in [1.165, 1.54) is 6.07 Å². The van der Waals surface area contributed by atoms with Crippen molar-refractivity contribution in [2.24, 2.45) is 5.92 Å². The first-order valence-corrected chi connectivity index (χ1v) is 8.39. The monoisotopic (exact) mass is 357 g/mol. The highest BCUT2D eigenvalue weighted by Crippen LogP contribution is 2.25. The first-order chi connectivity index (χ1) is 12.6. The van der Waals surface area contributed by atoms with Crippen molar-refractivity contribution in [3.8, 4) is 0 Å². The molecule has 0 unspecified atom stereocenters. The molecule has 26 heavy (non-hydrogen) atoms. The van der Waals surface area contributed by atoms with Crippen molar-refractivity contribution in [1.29, 1.82) is 0 Å². The quantitative estimate of drug-likeness (QED) is 0.752. The second-order valence-electron chi connectivity index (χ2n) is 6.44. The zero-order valence-corrected chi connectivity index (χ0v) is 13.9. The molecule has 0 spiro atoms. The van der Waals surface area contributed by atoms with E-state index in [-0.39, 0.29) is 11.8 Å². The molecule has 0 radical (unpaired) electrons. The molecule has 0 saturated carbocycles. The molecule has 1 aromatic heterocycles. The largest absolute Gasteiger partial charge is 0.371 e. The molecule has 4 rings (SSSR count). The van der Waals surface area contributed by atoms with Crippen LogP contribution in [0.2, 0.25) is 0 Å². The van der Waals surface area contributed by atoms with E-state index in [0.717, 1.165) is 19.0 Å².